The topological polar surface area (TPSA) is 183 Å². The maximum absolute atomic E-state index is 13.8. The second-order valence-electron chi connectivity index (χ2n) is 20.3. The number of carbonyl (C=O) groups is 5. The van der Waals surface area contributed by atoms with Crippen LogP contribution < -0.4 is 5.32 Å². The summed E-state index contributed by atoms with van der Waals surface area (Å²) in [5.41, 5.74) is -3.53. The number of aliphatic hydroxyl groups is 1. The predicted octanol–water partition coefficient (Wildman–Crippen LogP) is 10.2. The lowest BCUT2D eigenvalue weighted by Gasteiger charge is -2.42. The van der Waals surface area contributed by atoms with Gasteiger partial charge in [0.2, 0.25) is 5.91 Å². The molecule has 1 saturated heterocycles. The van der Waals surface area contributed by atoms with Crippen LogP contribution in [0, 0.1) is 22.2 Å². The molecule has 1 aliphatic heterocycles. The van der Waals surface area contributed by atoms with Gasteiger partial charge in [0.15, 0.2) is 0 Å². The Morgan fingerprint density at radius 3 is 1.52 bits per heavy atom. The van der Waals surface area contributed by atoms with Gasteiger partial charge in [-0.2, -0.15) is 0 Å². The van der Waals surface area contributed by atoms with Gasteiger partial charge in [0.25, 0.3) is 0 Å². The summed E-state index contributed by atoms with van der Waals surface area (Å²) in [7, 11) is 2.07. The third-order valence-electron chi connectivity index (χ3n) is 14.2. The zero-order chi connectivity index (χ0) is 48.6. The first kappa shape index (κ1) is 60.2. The molecule has 0 saturated carbocycles. The molecule has 13 heteroatoms. The van der Waals surface area contributed by atoms with E-state index in [0.29, 0.717) is 45.1 Å². The summed E-state index contributed by atoms with van der Waals surface area (Å²) in [4.78, 5) is 71.1. The number of likely N-dealkylation sites (N-methyl/N-ethyl adjacent to an activating group) is 1. The van der Waals surface area contributed by atoms with Gasteiger partial charge in [0, 0.05) is 50.6 Å². The van der Waals surface area contributed by atoms with E-state index in [1.807, 2.05) is 0 Å². The van der Waals surface area contributed by atoms with Crippen molar-refractivity contribution in [2.45, 2.75) is 221 Å². The van der Waals surface area contributed by atoms with Crippen LogP contribution in [0.25, 0.3) is 0 Å². The highest BCUT2D eigenvalue weighted by Gasteiger charge is 2.50. The average Bonchev–Trinajstić information content (AvgIpc) is 3.28. The van der Waals surface area contributed by atoms with Crippen molar-refractivity contribution in [3.63, 3.8) is 0 Å². The van der Waals surface area contributed by atoms with Crippen LogP contribution in [0.15, 0.2) is 0 Å². The van der Waals surface area contributed by atoms with E-state index in [2.05, 4.69) is 49.9 Å². The molecule has 0 spiro atoms. The maximum Gasteiger partial charge on any atom is 0.310 e. The molecule has 0 radical (unpaired) electrons. The van der Waals surface area contributed by atoms with Crippen molar-refractivity contribution in [1.82, 2.24) is 15.1 Å². The summed E-state index contributed by atoms with van der Waals surface area (Å²) < 4.78 is 11.4. The quantitative estimate of drug-likeness (QED) is 0.0337. The number of unbranched alkanes of at least 4 members (excludes halogenated alkanes) is 16. The molecule has 3 unspecified atom stereocenters. The normalized spacial score (nSPS) is 16.6. The van der Waals surface area contributed by atoms with Crippen molar-refractivity contribution in [1.29, 1.82) is 0 Å². The van der Waals surface area contributed by atoms with E-state index >= 15 is 0 Å². The van der Waals surface area contributed by atoms with Crippen molar-refractivity contribution in [2.24, 2.45) is 22.2 Å². The number of nitrogens with one attached hydrogen (secondary N) is 1. The van der Waals surface area contributed by atoms with E-state index in [9.17, 15) is 39.3 Å². The Morgan fingerprint density at radius 2 is 1.05 bits per heavy atom. The number of rotatable bonds is 41. The Bertz CT molecular complexity index is 1320. The molecule has 1 aliphatic rings. The third-order valence-corrected chi connectivity index (χ3v) is 14.2. The number of amides is 1. The van der Waals surface area contributed by atoms with E-state index in [4.69, 9.17) is 9.47 Å². The van der Waals surface area contributed by atoms with Crippen molar-refractivity contribution in [2.75, 3.05) is 59.5 Å². The first-order chi connectivity index (χ1) is 31.0. The first-order valence-corrected chi connectivity index (χ1v) is 26.2. The molecule has 1 fully saturated rings. The molecule has 380 valence electrons. The van der Waals surface area contributed by atoms with E-state index in [1.54, 1.807) is 13.8 Å². The van der Waals surface area contributed by atoms with Crippen LogP contribution in [0.5, 0.6) is 0 Å². The van der Waals surface area contributed by atoms with Gasteiger partial charge in [-0.25, -0.2) is 0 Å². The minimum Gasteiger partial charge on any atom is -0.481 e. The zero-order valence-electron chi connectivity index (χ0n) is 42.5. The van der Waals surface area contributed by atoms with Crippen molar-refractivity contribution in [3.8, 4) is 0 Å². The molecule has 0 aromatic heterocycles. The highest BCUT2D eigenvalue weighted by atomic mass is 16.5. The molecular weight excluding hydrogens is 827 g/mol. The standard InChI is InChI=1S/C52H97N3O10/c1-8-12-16-20-22-25-31-51(48(60)61,30-24-18-14-10-3)40-43(52(49(62)63,32-26-19-15-11-4)33-27-23-21-17-13-9-2)41-64-44(56)28-34-53-47(59)46(58)50(5,6)42-65-45(57)29-35-55-38-36-54(7)37-39-55/h43,46,58H,8-42H2,1-7H3,(H,53,59)(H,60,61)(H,62,63)/t43?,46-,51?,52?/m0/s1. The van der Waals surface area contributed by atoms with Crippen LogP contribution in [0.2, 0.25) is 0 Å². The lowest BCUT2D eigenvalue weighted by molar-refractivity contribution is -0.166. The van der Waals surface area contributed by atoms with Gasteiger partial charge in [-0.15, -0.1) is 0 Å². The van der Waals surface area contributed by atoms with Gasteiger partial charge in [-0.05, 0) is 39.2 Å². The molecule has 4 atom stereocenters. The minimum atomic E-state index is -1.52. The number of carboxylic acids is 2. The van der Waals surface area contributed by atoms with Crippen LogP contribution in [-0.2, 0) is 33.4 Å². The van der Waals surface area contributed by atoms with Gasteiger partial charge in [0.1, 0.15) is 6.10 Å². The van der Waals surface area contributed by atoms with Gasteiger partial charge >= 0.3 is 23.9 Å². The summed E-state index contributed by atoms with van der Waals surface area (Å²) in [6.45, 7) is 15.6. The Labute approximate surface area is 395 Å². The summed E-state index contributed by atoms with van der Waals surface area (Å²) in [5, 5.41) is 36.1. The van der Waals surface area contributed by atoms with Crippen LogP contribution in [0.3, 0.4) is 0 Å². The molecule has 1 heterocycles. The molecule has 0 bridgehead atoms. The van der Waals surface area contributed by atoms with Crippen molar-refractivity contribution >= 4 is 29.8 Å². The molecule has 1 amide bonds. The SMILES string of the molecule is CCCCCCCCC(CCCCCC)(CC(COC(=O)CCNC(=O)[C@H](O)C(C)(C)COC(=O)CCN1CCN(C)CC1)C(CCCCCC)(CCCCCCCC)C(=O)O)C(=O)O. The summed E-state index contributed by atoms with van der Waals surface area (Å²) in [5.74, 6) is -4.32. The van der Waals surface area contributed by atoms with E-state index in [1.165, 1.54) is 0 Å². The number of nitrogens with zero attached hydrogens (tertiary/aromatic N) is 2. The number of piperazine rings is 1. The number of hydrogen-bond acceptors (Lipinski definition) is 10. The number of ether oxygens (including phenoxy) is 2. The molecule has 0 aliphatic carbocycles. The van der Waals surface area contributed by atoms with Crippen LogP contribution in [0.1, 0.15) is 215 Å². The Morgan fingerprint density at radius 1 is 0.600 bits per heavy atom. The highest BCUT2D eigenvalue weighted by molar-refractivity contribution is 5.82. The molecule has 1 rings (SSSR count). The van der Waals surface area contributed by atoms with Gasteiger partial charge in [-0.1, -0.05) is 170 Å². The summed E-state index contributed by atoms with van der Waals surface area (Å²) in [6.07, 6.45) is 19.4. The number of aliphatic carboxylic acids is 2. The predicted molar refractivity (Wildman–Crippen MR) is 260 cm³/mol. The Hall–Kier alpha value is -2.77. The lowest BCUT2D eigenvalue weighted by Crippen LogP contribution is -2.47. The molecular formula is C52H97N3O10. The highest BCUT2D eigenvalue weighted by Crippen LogP contribution is 2.48. The molecule has 65 heavy (non-hydrogen) atoms. The first-order valence-electron chi connectivity index (χ1n) is 26.2. The van der Waals surface area contributed by atoms with Gasteiger partial charge in [-0.3, -0.25) is 24.0 Å². The molecule has 0 aromatic rings. The van der Waals surface area contributed by atoms with Crippen molar-refractivity contribution in [3.05, 3.63) is 0 Å². The zero-order valence-corrected chi connectivity index (χ0v) is 42.5. The maximum atomic E-state index is 13.8. The van der Waals surface area contributed by atoms with E-state index in [0.717, 1.165) is 142 Å². The summed E-state index contributed by atoms with van der Waals surface area (Å²) >= 11 is 0. The second-order valence-corrected chi connectivity index (χ2v) is 20.3. The fraction of sp³-hybridized carbons (Fsp3) is 0.904. The number of aliphatic hydroxyl groups excluding tert-OH is 1. The van der Waals surface area contributed by atoms with Crippen LogP contribution in [0.4, 0.5) is 0 Å². The number of hydrogen-bond donors (Lipinski definition) is 4. The van der Waals surface area contributed by atoms with Gasteiger partial charge < -0.3 is 39.9 Å². The average molecular weight is 924 g/mol. The lowest BCUT2D eigenvalue weighted by atomic mass is 9.61. The Kier molecular flexibility index (Phi) is 32.0. The van der Waals surface area contributed by atoms with E-state index in [-0.39, 0.29) is 39.0 Å². The fourth-order valence-electron chi connectivity index (χ4n) is 9.40. The van der Waals surface area contributed by atoms with Gasteiger partial charge in [0.05, 0.1) is 36.9 Å². The molecule has 13 nitrogen and oxygen atoms in total. The fourth-order valence-corrected chi connectivity index (χ4v) is 9.40. The number of esters is 2. The smallest absolute Gasteiger partial charge is 0.310 e. The largest absolute Gasteiger partial charge is 0.481 e. The minimum absolute atomic E-state index is 0.116. The van der Waals surface area contributed by atoms with E-state index < -0.39 is 58.1 Å². The summed E-state index contributed by atoms with van der Waals surface area (Å²) in [6, 6.07) is 0. The second kappa shape index (κ2) is 34.5. The Balaban J connectivity index is 3.26. The molecule has 0 aromatic carbocycles. The number of carbonyl (C=O) groups excluding carboxylic acids is 3. The monoisotopic (exact) mass is 924 g/mol. The number of carboxylic acid groups (broad SMARTS) is 2. The van der Waals surface area contributed by atoms with Crippen LogP contribution >= 0.6 is 0 Å². The third kappa shape index (κ3) is 24.2. The van der Waals surface area contributed by atoms with Crippen LogP contribution in [-0.4, -0.2) is 121 Å². The van der Waals surface area contributed by atoms with Crippen molar-refractivity contribution < 1.29 is 48.8 Å². The molecule has 4 N–H and O–H groups in total.